The van der Waals surface area contributed by atoms with Crippen LogP contribution in [0.15, 0.2) is 48.5 Å². The minimum absolute atomic E-state index is 0.0481. The van der Waals surface area contributed by atoms with Crippen LogP contribution in [0, 0.1) is 33.3 Å². The van der Waals surface area contributed by atoms with E-state index in [4.69, 9.17) is 0 Å². The van der Waals surface area contributed by atoms with E-state index in [1.165, 1.54) is 24.3 Å². The number of carbonyl (C=O) groups excluding carboxylic acids is 4. The molecule has 3 atom stereocenters. The Balaban J connectivity index is 1.96. The molecular weight excluding hydrogens is 664 g/mol. The molecule has 0 spiro atoms. The van der Waals surface area contributed by atoms with Crippen LogP contribution in [-0.4, -0.2) is 69.0 Å². The third-order valence-corrected chi connectivity index (χ3v) is 6.95. The smallest absolute Gasteiger partial charge is 0.327 e. The van der Waals surface area contributed by atoms with Gasteiger partial charge in [-0.3, -0.25) is 24.5 Å². The maximum atomic E-state index is 13.1. The van der Waals surface area contributed by atoms with E-state index in [1.54, 1.807) is 24.3 Å². The van der Waals surface area contributed by atoms with Gasteiger partial charge in [0, 0.05) is 42.8 Å². The number of aliphatic carboxylic acids is 2. The van der Waals surface area contributed by atoms with Gasteiger partial charge in [-0.15, -0.1) is 11.8 Å². The maximum absolute atomic E-state index is 13.1. The monoisotopic (exact) mass is 708 g/mol. The van der Waals surface area contributed by atoms with Crippen LogP contribution in [0.5, 0.6) is 0 Å². The average Bonchev–Trinajstić information content (AvgIpc) is 3.01. The highest BCUT2D eigenvalue weighted by Gasteiger charge is 2.27. The van der Waals surface area contributed by atoms with Gasteiger partial charge in [-0.05, 0) is 47.6 Å². The van der Waals surface area contributed by atoms with E-state index in [2.05, 4.69) is 38.4 Å². The highest BCUT2D eigenvalue weighted by Crippen LogP contribution is 2.18. The van der Waals surface area contributed by atoms with Crippen molar-refractivity contribution in [2.45, 2.75) is 84.8 Å². The van der Waals surface area contributed by atoms with E-state index in [9.17, 15) is 49.1 Å². The number of non-ortho nitro benzene ring substituents is 1. The zero-order valence-corrected chi connectivity index (χ0v) is 29.1. The fourth-order valence-corrected chi connectivity index (χ4v) is 4.55. The van der Waals surface area contributed by atoms with Crippen molar-refractivity contribution < 1.29 is 43.9 Å². The molecule has 16 nitrogen and oxygen atoms in total. The molecule has 274 valence electrons. The number of carboxylic acids is 2. The molecule has 0 saturated carbocycles. The molecule has 2 aromatic carbocycles. The first-order chi connectivity index (χ1) is 23.8. The molecule has 0 fully saturated rings. The normalized spacial score (nSPS) is 12.6. The lowest BCUT2D eigenvalue weighted by atomic mass is 9.92. The molecule has 16 heteroatoms. The second-order valence-electron chi connectivity index (χ2n) is 13.4. The van der Waals surface area contributed by atoms with E-state index in [0.29, 0.717) is 16.9 Å². The summed E-state index contributed by atoms with van der Waals surface area (Å²) in [5, 5.41) is 42.5. The summed E-state index contributed by atoms with van der Waals surface area (Å²) in [5.74, 6) is 0.717. The zero-order chi connectivity index (χ0) is 38.3. The van der Waals surface area contributed by atoms with Gasteiger partial charge in [0.25, 0.3) is 5.69 Å². The Hall–Kier alpha value is -5.98. The van der Waals surface area contributed by atoms with Gasteiger partial charge in [0.15, 0.2) is 0 Å². The summed E-state index contributed by atoms with van der Waals surface area (Å²) in [5.41, 5.74) is 0.836. The molecule has 5 amide bonds. The third kappa shape index (κ3) is 15.9. The van der Waals surface area contributed by atoms with Crippen molar-refractivity contribution >= 4 is 52.8 Å². The van der Waals surface area contributed by atoms with Crippen LogP contribution in [0.2, 0.25) is 0 Å². The van der Waals surface area contributed by atoms with Gasteiger partial charge in [0.1, 0.15) is 18.1 Å². The molecule has 0 aromatic heterocycles. The minimum Gasteiger partial charge on any atom is -0.480 e. The molecule has 0 aliphatic heterocycles. The van der Waals surface area contributed by atoms with Crippen LogP contribution in [-0.2, 0) is 30.4 Å². The van der Waals surface area contributed by atoms with Gasteiger partial charge in [-0.1, -0.05) is 46.8 Å². The van der Waals surface area contributed by atoms with Crippen molar-refractivity contribution in [1.29, 1.82) is 0 Å². The summed E-state index contributed by atoms with van der Waals surface area (Å²) in [6.45, 7) is 9.15. The number of nitrogens with one attached hydrogen (secondary N) is 5. The van der Waals surface area contributed by atoms with Crippen molar-refractivity contribution in [3.63, 3.8) is 0 Å². The molecule has 0 heterocycles. The minimum atomic E-state index is -1.45. The number of amides is 5. The molecule has 2 rings (SSSR count). The summed E-state index contributed by atoms with van der Waals surface area (Å²) >= 11 is 0. The van der Waals surface area contributed by atoms with E-state index >= 15 is 0 Å². The third-order valence-electron chi connectivity index (χ3n) is 6.95. The predicted molar refractivity (Wildman–Crippen MR) is 187 cm³/mol. The number of hydrogen-bond acceptors (Lipinski definition) is 8. The molecule has 0 bridgehead atoms. The molecule has 51 heavy (non-hydrogen) atoms. The summed E-state index contributed by atoms with van der Waals surface area (Å²) in [7, 11) is 0. The zero-order valence-electron chi connectivity index (χ0n) is 29.1. The first kappa shape index (κ1) is 41.2. The Morgan fingerprint density at radius 3 is 1.67 bits per heavy atom. The van der Waals surface area contributed by atoms with E-state index in [1.807, 2.05) is 34.6 Å². The second kappa shape index (κ2) is 19.3. The summed E-state index contributed by atoms with van der Waals surface area (Å²) < 4.78 is 0. The fraction of sp³-hybridized carbons (Fsp3) is 0.429. The molecule has 0 radical (unpaired) electrons. The van der Waals surface area contributed by atoms with Crippen LogP contribution in [0.1, 0.15) is 65.9 Å². The standard InChI is InChI=1S/C35H44N6O10/c1-21(2)18-28(31(44)40-27(33(47)48)9-7-6-8-26(32(45)46)38-30(43)20-35(3,4)5)39-29(42)19-22-10-12-23(13-11-22)36-34(49)37-24-14-16-25(17-15-24)41(50)51/h10-17,21,26-28H,8-9,18-20H2,1-5H3,(H,38,43)(H,39,42)(H,40,44)(H,45,46)(H,47,48)(H2,36,37,49). The number of hydrogen-bond donors (Lipinski definition) is 7. The van der Waals surface area contributed by atoms with Gasteiger partial charge >= 0.3 is 18.0 Å². The van der Waals surface area contributed by atoms with Crippen LogP contribution < -0.4 is 26.6 Å². The Kier molecular flexibility index (Phi) is 15.6. The van der Waals surface area contributed by atoms with Gasteiger partial charge < -0.3 is 36.8 Å². The SMILES string of the molecule is CC(C)CC(NC(=O)Cc1ccc(NC(=O)Nc2ccc([N+](=O)[O-])cc2)cc1)C(=O)NC(CC#CCC(NC(=O)CC(C)(C)C)C(=O)O)C(=O)O. The Morgan fingerprint density at radius 1 is 0.745 bits per heavy atom. The Labute approximate surface area is 295 Å². The van der Waals surface area contributed by atoms with Crippen molar-refractivity contribution in [2.75, 3.05) is 10.6 Å². The Bertz CT molecular complexity index is 1640. The number of rotatable bonds is 16. The number of benzene rings is 2. The number of carboxylic acid groups (broad SMARTS) is 2. The predicted octanol–water partition coefficient (Wildman–Crippen LogP) is 3.67. The quantitative estimate of drug-likeness (QED) is 0.0757. The van der Waals surface area contributed by atoms with E-state index < -0.39 is 58.7 Å². The van der Waals surface area contributed by atoms with Crippen molar-refractivity contribution in [3.05, 3.63) is 64.2 Å². The molecule has 7 N–H and O–H groups in total. The summed E-state index contributed by atoms with van der Waals surface area (Å²) in [4.78, 5) is 84.2. The highest BCUT2D eigenvalue weighted by molar-refractivity contribution is 5.99. The highest BCUT2D eigenvalue weighted by atomic mass is 16.6. The van der Waals surface area contributed by atoms with Gasteiger partial charge in [-0.25, -0.2) is 14.4 Å². The number of nitro groups is 1. The fourth-order valence-electron chi connectivity index (χ4n) is 4.55. The number of urea groups is 1. The van der Waals surface area contributed by atoms with Crippen molar-refractivity contribution in [1.82, 2.24) is 16.0 Å². The number of nitro benzene ring substituents is 1. The van der Waals surface area contributed by atoms with E-state index in [0.717, 1.165) is 0 Å². The first-order valence-corrected chi connectivity index (χ1v) is 16.0. The lowest BCUT2D eigenvalue weighted by Gasteiger charge is -2.22. The van der Waals surface area contributed by atoms with Crippen LogP contribution in [0.4, 0.5) is 21.9 Å². The number of anilines is 2. The topological polar surface area (TPSA) is 246 Å². The molecule has 0 aliphatic rings. The Morgan fingerprint density at radius 2 is 1.22 bits per heavy atom. The van der Waals surface area contributed by atoms with Crippen LogP contribution >= 0.6 is 0 Å². The average molecular weight is 709 g/mol. The summed E-state index contributed by atoms with van der Waals surface area (Å²) in [6, 6.07) is 7.22. The maximum Gasteiger partial charge on any atom is 0.327 e. The first-order valence-electron chi connectivity index (χ1n) is 16.0. The molecule has 0 saturated heterocycles. The molecule has 2 aromatic rings. The van der Waals surface area contributed by atoms with Crippen LogP contribution in [0.25, 0.3) is 0 Å². The van der Waals surface area contributed by atoms with Gasteiger partial charge in [-0.2, -0.15) is 0 Å². The molecule has 0 aliphatic carbocycles. The molecule has 3 unspecified atom stereocenters. The number of nitrogens with zero attached hydrogens (tertiary/aromatic N) is 1. The second-order valence-corrected chi connectivity index (χ2v) is 13.4. The van der Waals surface area contributed by atoms with E-state index in [-0.39, 0.29) is 49.1 Å². The van der Waals surface area contributed by atoms with Crippen molar-refractivity contribution in [3.8, 4) is 11.8 Å². The lowest BCUT2D eigenvalue weighted by molar-refractivity contribution is -0.384. The lowest BCUT2D eigenvalue weighted by Crippen LogP contribution is -2.52. The van der Waals surface area contributed by atoms with Gasteiger partial charge in [0.05, 0.1) is 11.3 Å². The van der Waals surface area contributed by atoms with Crippen molar-refractivity contribution in [2.24, 2.45) is 11.3 Å². The number of carbonyl (C=O) groups is 6. The van der Waals surface area contributed by atoms with Crippen LogP contribution in [0.3, 0.4) is 0 Å². The molecular formula is C35H44N6O10. The largest absolute Gasteiger partial charge is 0.480 e. The van der Waals surface area contributed by atoms with Gasteiger partial charge in [0.2, 0.25) is 17.7 Å². The summed E-state index contributed by atoms with van der Waals surface area (Å²) in [6.07, 6.45) is -0.439.